The Morgan fingerprint density at radius 3 is 2.71 bits per heavy atom. The Kier molecular flexibility index (Phi) is 4.90. The van der Waals surface area contributed by atoms with Crippen LogP contribution >= 0.6 is 23.4 Å². The minimum atomic E-state index is -0.893. The van der Waals surface area contributed by atoms with Gasteiger partial charge in [0.2, 0.25) is 0 Å². The molecular formula is C14H16ClN3O2S. The number of halogens is 1. The van der Waals surface area contributed by atoms with E-state index >= 15 is 0 Å². The number of carboxylic acid groups (broad SMARTS) is 1. The summed E-state index contributed by atoms with van der Waals surface area (Å²) in [5.74, 6) is -0.0574. The molecule has 1 aromatic heterocycles. The molecule has 0 atom stereocenters. The first-order valence-corrected chi connectivity index (χ1v) is 7.83. The van der Waals surface area contributed by atoms with Gasteiger partial charge in [0, 0.05) is 5.92 Å². The van der Waals surface area contributed by atoms with Crippen LogP contribution in [0.25, 0.3) is 5.69 Å². The Morgan fingerprint density at radius 1 is 1.43 bits per heavy atom. The van der Waals surface area contributed by atoms with Crippen LogP contribution in [0.4, 0.5) is 0 Å². The first-order chi connectivity index (χ1) is 9.90. The highest BCUT2D eigenvalue weighted by atomic mass is 35.5. The monoisotopic (exact) mass is 325 g/mol. The fourth-order valence-corrected chi connectivity index (χ4v) is 2.89. The van der Waals surface area contributed by atoms with E-state index in [9.17, 15) is 4.79 Å². The molecule has 0 amide bonds. The van der Waals surface area contributed by atoms with Gasteiger partial charge in [-0.15, -0.1) is 10.2 Å². The second-order valence-corrected chi connectivity index (χ2v) is 6.32. The van der Waals surface area contributed by atoms with Gasteiger partial charge in [-0.05, 0) is 24.6 Å². The molecule has 1 heterocycles. The van der Waals surface area contributed by atoms with Crippen molar-refractivity contribution >= 4 is 29.3 Å². The van der Waals surface area contributed by atoms with E-state index in [1.807, 2.05) is 43.5 Å². The van der Waals surface area contributed by atoms with E-state index in [0.29, 0.717) is 10.2 Å². The fraction of sp³-hybridized carbons (Fsp3) is 0.357. The van der Waals surface area contributed by atoms with Crippen LogP contribution in [-0.2, 0) is 4.79 Å². The lowest BCUT2D eigenvalue weighted by molar-refractivity contribution is -0.133. The Bertz CT molecular complexity index is 670. The standard InChI is InChI=1S/C14H16ClN3O2S/c1-8(2)13-16-17-14(21-7-12(19)20)18(13)11-5-4-9(3)6-10(11)15/h4-6,8H,7H2,1-3H3,(H,19,20). The van der Waals surface area contributed by atoms with Gasteiger partial charge in [-0.3, -0.25) is 9.36 Å². The highest BCUT2D eigenvalue weighted by molar-refractivity contribution is 7.99. The van der Waals surface area contributed by atoms with Crippen molar-refractivity contribution in [3.63, 3.8) is 0 Å². The van der Waals surface area contributed by atoms with E-state index < -0.39 is 5.97 Å². The van der Waals surface area contributed by atoms with E-state index in [0.717, 1.165) is 28.8 Å². The Balaban J connectivity index is 2.52. The van der Waals surface area contributed by atoms with E-state index in [1.54, 1.807) is 0 Å². The summed E-state index contributed by atoms with van der Waals surface area (Å²) in [6.45, 7) is 5.98. The maximum atomic E-state index is 10.8. The van der Waals surface area contributed by atoms with Gasteiger partial charge < -0.3 is 5.11 Å². The molecule has 0 bridgehead atoms. The van der Waals surface area contributed by atoms with E-state index in [-0.39, 0.29) is 11.7 Å². The molecule has 7 heteroatoms. The summed E-state index contributed by atoms with van der Waals surface area (Å²) in [5.41, 5.74) is 1.83. The van der Waals surface area contributed by atoms with E-state index in [2.05, 4.69) is 10.2 Å². The van der Waals surface area contributed by atoms with Crippen LogP contribution in [0.15, 0.2) is 23.4 Å². The topological polar surface area (TPSA) is 68.0 Å². The zero-order valence-electron chi connectivity index (χ0n) is 12.0. The number of nitrogens with zero attached hydrogens (tertiary/aromatic N) is 3. The molecule has 0 unspecified atom stereocenters. The summed E-state index contributed by atoms with van der Waals surface area (Å²) >= 11 is 7.46. The van der Waals surface area contributed by atoms with Gasteiger partial charge in [0.15, 0.2) is 5.16 Å². The van der Waals surface area contributed by atoms with Gasteiger partial charge in [-0.25, -0.2) is 0 Å². The van der Waals surface area contributed by atoms with Crippen molar-refractivity contribution in [1.82, 2.24) is 14.8 Å². The van der Waals surface area contributed by atoms with Crippen LogP contribution in [0, 0.1) is 6.92 Å². The molecule has 21 heavy (non-hydrogen) atoms. The molecule has 112 valence electrons. The van der Waals surface area contributed by atoms with Gasteiger partial charge >= 0.3 is 5.97 Å². The summed E-state index contributed by atoms with van der Waals surface area (Å²) in [5, 5.41) is 18.2. The van der Waals surface area contributed by atoms with Crippen LogP contribution in [0.5, 0.6) is 0 Å². The second kappa shape index (κ2) is 6.49. The number of aromatic nitrogens is 3. The predicted octanol–water partition coefficient (Wildman–Crippen LogP) is 3.53. The Hall–Kier alpha value is -1.53. The SMILES string of the molecule is Cc1ccc(-n2c(SCC(=O)O)nnc2C(C)C)c(Cl)c1. The number of hydrogen-bond donors (Lipinski definition) is 1. The van der Waals surface area contributed by atoms with Gasteiger partial charge in [0.05, 0.1) is 16.5 Å². The molecule has 0 aliphatic rings. The molecule has 0 aliphatic heterocycles. The lowest BCUT2D eigenvalue weighted by Gasteiger charge is -2.13. The number of aryl methyl sites for hydroxylation is 1. The normalized spacial score (nSPS) is 11.1. The minimum Gasteiger partial charge on any atom is -0.481 e. The Morgan fingerprint density at radius 2 is 2.14 bits per heavy atom. The first-order valence-electron chi connectivity index (χ1n) is 6.46. The van der Waals surface area contributed by atoms with Crippen molar-refractivity contribution in [3.05, 3.63) is 34.6 Å². The molecule has 0 radical (unpaired) electrons. The summed E-state index contributed by atoms with van der Waals surface area (Å²) in [4.78, 5) is 10.8. The molecule has 1 aromatic carbocycles. The molecular weight excluding hydrogens is 310 g/mol. The summed E-state index contributed by atoms with van der Waals surface area (Å²) in [6, 6.07) is 5.72. The molecule has 1 N–H and O–H groups in total. The molecule has 0 spiro atoms. The number of carboxylic acids is 1. The third-order valence-electron chi connectivity index (χ3n) is 2.84. The third-order valence-corrected chi connectivity index (χ3v) is 4.06. The van der Waals surface area contributed by atoms with Gasteiger partial charge in [0.25, 0.3) is 0 Å². The van der Waals surface area contributed by atoms with Crippen LogP contribution in [0.1, 0.15) is 31.2 Å². The quantitative estimate of drug-likeness (QED) is 0.852. The number of hydrogen-bond acceptors (Lipinski definition) is 4. The molecule has 0 aliphatic carbocycles. The largest absolute Gasteiger partial charge is 0.481 e. The maximum absolute atomic E-state index is 10.8. The number of rotatable bonds is 5. The molecule has 0 saturated carbocycles. The number of carbonyl (C=O) groups is 1. The van der Waals surface area contributed by atoms with Crippen LogP contribution in [0.3, 0.4) is 0 Å². The lowest BCUT2D eigenvalue weighted by atomic mass is 10.2. The van der Waals surface area contributed by atoms with Crippen molar-refractivity contribution < 1.29 is 9.90 Å². The van der Waals surface area contributed by atoms with Crippen LogP contribution in [-0.4, -0.2) is 31.6 Å². The van der Waals surface area contributed by atoms with Crippen molar-refractivity contribution in [2.75, 3.05) is 5.75 Å². The minimum absolute atomic E-state index is 0.0697. The van der Waals surface area contributed by atoms with E-state index in [1.165, 1.54) is 0 Å². The first kappa shape index (κ1) is 15.9. The van der Waals surface area contributed by atoms with Crippen molar-refractivity contribution in [1.29, 1.82) is 0 Å². The van der Waals surface area contributed by atoms with Crippen LogP contribution < -0.4 is 0 Å². The maximum Gasteiger partial charge on any atom is 0.313 e. The van der Waals surface area contributed by atoms with Gasteiger partial charge in [-0.1, -0.05) is 43.3 Å². The van der Waals surface area contributed by atoms with Crippen LogP contribution in [0.2, 0.25) is 5.02 Å². The van der Waals surface area contributed by atoms with E-state index in [4.69, 9.17) is 16.7 Å². The average molecular weight is 326 g/mol. The highest BCUT2D eigenvalue weighted by Crippen LogP contribution is 2.30. The summed E-state index contributed by atoms with van der Waals surface area (Å²) in [7, 11) is 0. The smallest absolute Gasteiger partial charge is 0.313 e. The average Bonchev–Trinajstić information content (AvgIpc) is 2.80. The summed E-state index contributed by atoms with van der Waals surface area (Å²) in [6.07, 6.45) is 0. The number of thioether (sulfide) groups is 1. The number of benzene rings is 1. The molecule has 0 saturated heterocycles. The van der Waals surface area contributed by atoms with Crippen molar-refractivity contribution in [2.24, 2.45) is 0 Å². The third kappa shape index (κ3) is 3.57. The highest BCUT2D eigenvalue weighted by Gasteiger charge is 2.19. The van der Waals surface area contributed by atoms with Gasteiger partial charge in [0.1, 0.15) is 5.82 Å². The van der Waals surface area contributed by atoms with Crippen molar-refractivity contribution in [2.45, 2.75) is 31.8 Å². The lowest BCUT2D eigenvalue weighted by Crippen LogP contribution is -2.06. The predicted molar refractivity (Wildman–Crippen MR) is 83.6 cm³/mol. The Labute approximate surface area is 132 Å². The fourth-order valence-electron chi connectivity index (χ4n) is 1.89. The molecule has 2 aromatic rings. The zero-order chi connectivity index (χ0) is 15.6. The van der Waals surface area contributed by atoms with Crippen molar-refractivity contribution in [3.8, 4) is 5.69 Å². The molecule has 0 fully saturated rings. The second-order valence-electron chi connectivity index (χ2n) is 4.97. The zero-order valence-corrected chi connectivity index (χ0v) is 13.6. The molecule has 5 nitrogen and oxygen atoms in total. The molecule has 2 rings (SSSR count). The van der Waals surface area contributed by atoms with Gasteiger partial charge in [-0.2, -0.15) is 0 Å². The summed E-state index contributed by atoms with van der Waals surface area (Å²) < 4.78 is 1.83. The number of aliphatic carboxylic acids is 1.